The summed E-state index contributed by atoms with van der Waals surface area (Å²) in [5.74, 6) is 0.111. The number of benzene rings is 2. The molecule has 35 heavy (non-hydrogen) atoms. The van der Waals surface area contributed by atoms with E-state index in [0.717, 1.165) is 5.56 Å². The Morgan fingerprint density at radius 1 is 1.03 bits per heavy atom. The van der Waals surface area contributed by atoms with Gasteiger partial charge < -0.3 is 15.0 Å². The number of nitrogens with zero attached hydrogens (tertiary/aromatic N) is 2. The van der Waals surface area contributed by atoms with E-state index in [4.69, 9.17) is 4.74 Å². The fourth-order valence-corrected chi connectivity index (χ4v) is 6.79. The molecule has 8 nitrogen and oxygen atoms in total. The molecule has 2 aliphatic rings. The third kappa shape index (κ3) is 5.06. The summed E-state index contributed by atoms with van der Waals surface area (Å²) >= 11 is 0. The third-order valence-electron chi connectivity index (χ3n) is 6.96. The van der Waals surface area contributed by atoms with Gasteiger partial charge in [0.2, 0.25) is 21.8 Å². The summed E-state index contributed by atoms with van der Waals surface area (Å²) in [6.07, 6.45) is 2.32. The van der Waals surface area contributed by atoms with Crippen LogP contribution in [0, 0.1) is 6.92 Å². The number of methoxy groups -OCH3 is 1. The number of hydrogen-bond donors (Lipinski definition) is 1. The topological polar surface area (TPSA) is 96.0 Å². The molecule has 2 heterocycles. The first-order valence-electron chi connectivity index (χ1n) is 12.1. The zero-order chi connectivity index (χ0) is 25.2. The van der Waals surface area contributed by atoms with Gasteiger partial charge in [0.25, 0.3) is 0 Å². The van der Waals surface area contributed by atoms with Gasteiger partial charge in [-0.1, -0.05) is 30.3 Å². The lowest BCUT2D eigenvalue weighted by molar-refractivity contribution is -0.141. The number of nitrogens with one attached hydrogen (secondary N) is 1. The molecule has 188 valence electrons. The molecule has 0 bridgehead atoms. The summed E-state index contributed by atoms with van der Waals surface area (Å²) in [6.45, 7) is 4.42. The van der Waals surface area contributed by atoms with Gasteiger partial charge in [0, 0.05) is 13.1 Å². The molecule has 2 aliphatic heterocycles. The van der Waals surface area contributed by atoms with Gasteiger partial charge in [-0.05, 0) is 68.9 Å². The van der Waals surface area contributed by atoms with Crippen LogP contribution in [0.3, 0.4) is 0 Å². The number of hydrogen-bond acceptors (Lipinski definition) is 5. The van der Waals surface area contributed by atoms with Crippen molar-refractivity contribution >= 4 is 21.8 Å². The van der Waals surface area contributed by atoms with Crippen LogP contribution in [-0.2, 0) is 19.6 Å². The van der Waals surface area contributed by atoms with E-state index < -0.39 is 22.1 Å². The van der Waals surface area contributed by atoms with E-state index in [2.05, 4.69) is 5.32 Å². The highest BCUT2D eigenvalue weighted by molar-refractivity contribution is 7.89. The number of rotatable bonds is 7. The Labute approximate surface area is 207 Å². The van der Waals surface area contributed by atoms with Crippen molar-refractivity contribution in [2.75, 3.05) is 20.2 Å². The molecule has 0 aromatic heterocycles. The van der Waals surface area contributed by atoms with E-state index >= 15 is 0 Å². The highest BCUT2D eigenvalue weighted by atomic mass is 32.2. The van der Waals surface area contributed by atoms with E-state index in [9.17, 15) is 18.0 Å². The number of likely N-dealkylation sites (tertiary alicyclic amines) is 1. The lowest BCUT2D eigenvalue weighted by atomic mass is 10.1. The average Bonchev–Trinajstić information content (AvgIpc) is 3.54. The monoisotopic (exact) mass is 499 g/mol. The first-order chi connectivity index (χ1) is 16.7. The molecule has 1 N–H and O–H groups in total. The Kier molecular flexibility index (Phi) is 7.47. The summed E-state index contributed by atoms with van der Waals surface area (Å²) in [4.78, 5) is 28.4. The number of amides is 2. The Morgan fingerprint density at radius 3 is 2.40 bits per heavy atom. The third-order valence-corrected chi connectivity index (χ3v) is 8.86. The normalized spacial score (nSPS) is 21.6. The summed E-state index contributed by atoms with van der Waals surface area (Å²) in [5, 5.41) is 3.02. The Bertz CT molecular complexity index is 1180. The van der Waals surface area contributed by atoms with Crippen LogP contribution in [0.2, 0.25) is 0 Å². The van der Waals surface area contributed by atoms with Gasteiger partial charge in [-0.2, -0.15) is 4.31 Å². The minimum atomic E-state index is -3.87. The largest absolute Gasteiger partial charge is 0.496 e. The van der Waals surface area contributed by atoms with Crippen LogP contribution in [0.5, 0.6) is 5.75 Å². The number of carbonyl (C=O) groups excluding carboxylic acids is 2. The van der Waals surface area contributed by atoms with Crippen molar-refractivity contribution in [3.63, 3.8) is 0 Å². The second kappa shape index (κ2) is 10.4. The molecular weight excluding hydrogens is 466 g/mol. The molecule has 3 atom stereocenters. The smallest absolute Gasteiger partial charge is 0.243 e. The Balaban J connectivity index is 1.50. The minimum absolute atomic E-state index is 0.142. The van der Waals surface area contributed by atoms with E-state index in [1.54, 1.807) is 24.0 Å². The highest BCUT2D eigenvalue weighted by Gasteiger charge is 2.45. The average molecular weight is 500 g/mol. The molecule has 2 aromatic rings. The summed E-state index contributed by atoms with van der Waals surface area (Å²) in [5.41, 5.74) is 1.69. The first-order valence-corrected chi connectivity index (χ1v) is 13.5. The van der Waals surface area contributed by atoms with E-state index in [0.29, 0.717) is 43.5 Å². The van der Waals surface area contributed by atoms with Gasteiger partial charge in [0.15, 0.2) is 0 Å². The number of aryl methyl sites for hydroxylation is 1. The molecule has 0 aliphatic carbocycles. The van der Waals surface area contributed by atoms with Crippen LogP contribution in [0.1, 0.15) is 49.8 Å². The minimum Gasteiger partial charge on any atom is -0.496 e. The van der Waals surface area contributed by atoms with Crippen LogP contribution in [-0.4, -0.2) is 61.7 Å². The molecule has 0 spiro atoms. The maximum atomic E-state index is 13.6. The van der Waals surface area contributed by atoms with Crippen molar-refractivity contribution in [2.24, 2.45) is 0 Å². The standard InChI is InChI=1S/C26H33N3O5S/c1-18-17-21(13-14-24(18)34-3)35(32,33)29-16-8-12-23(29)26(31)28-15-7-11-22(28)25(30)27-19(2)20-9-5-4-6-10-20/h4-6,9-10,13-14,17,19,22-23H,7-8,11-12,15-16H2,1-3H3,(H,27,30)/t19-,22-,23-/m0/s1. The Morgan fingerprint density at radius 2 is 1.71 bits per heavy atom. The van der Waals surface area contributed by atoms with E-state index in [1.807, 2.05) is 37.3 Å². The van der Waals surface area contributed by atoms with E-state index in [1.165, 1.54) is 17.5 Å². The van der Waals surface area contributed by atoms with Gasteiger partial charge in [-0.3, -0.25) is 9.59 Å². The van der Waals surface area contributed by atoms with Crippen molar-refractivity contribution < 1.29 is 22.7 Å². The first kappa shape index (κ1) is 25.2. The number of sulfonamides is 1. The maximum absolute atomic E-state index is 13.6. The zero-order valence-corrected chi connectivity index (χ0v) is 21.3. The van der Waals surface area contributed by atoms with Crippen LogP contribution in [0.25, 0.3) is 0 Å². The van der Waals surface area contributed by atoms with Crippen molar-refractivity contribution in [1.82, 2.24) is 14.5 Å². The lowest BCUT2D eigenvalue weighted by Gasteiger charge is -2.31. The van der Waals surface area contributed by atoms with E-state index in [-0.39, 0.29) is 29.3 Å². The quantitative estimate of drug-likeness (QED) is 0.632. The fourth-order valence-electron chi connectivity index (χ4n) is 5.05. The van der Waals surface area contributed by atoms with Crippen molar-refractivity contribution in [3.8, 4) is 5.75 Å². The molecule has 2 amide bonds. The highest BCUT2D eigenvalue weighted by Crippen LogP contribution is 2.31. The van der Waals surface area contributed by atoms with Gasteiger partial charge in [0.05, 0.1) is 18.0 Å². The van der Waals surface area contributed by atoms with Crippen LogP contribution in [0.15, 0.2) is 53.4 Å². The van der Waals surface area contributed by atoms with Gasteiger partial charge in [-0.25, -0.2) is 8.42 Å². The molecule has 0 unspecified atom stereocenters. The summed E-state index contributed by atoms with van der Waals surface area (Å²) in [7, 11) is -2.34. The molecule has 4 rings (SSSR count). The molecule has 2 aromatic carbocycles. The van der Waals surface area contributed by atoms with Gasteiger partial charge in [0.1, 0.15) is 17.8 Å². The van der Waals surface area contributed by atoms with Crippen molar-refractivity contribution in [2.45, 2.75) is 62.6 Å². The maximum Gasteiger partial charge on any atom is 0.243 e. The van der Waals surface area contributed by atoms with Gasteiger partial charge >= 0.3 is 0 Å². The van der Waals surface area contributed by atoms with Crippen LogP contribution >= 0.6 is 0 Å². The predicted molar refractivity (Wildman–Crippen MR) is 132 cm³/mol. The molecule has 0 saturated carbocycles. The van der Waals surface area contributed by atoms with Crippen molar-refractivity contribution in [1.29, 1.82) is 0 Å². The zero-order valence-electron chi connectivity index (χ0n) is 20.4. The molecule has 0 radical (unpaired) electrons. The second-order valence-electron chi connectivity index (χ2n) is 9.24. The molecule has 2 fully saturated rings. The molecular formula is C26H33N3O5S. The number of ether oxygens (including phenoxy) is 1. The van der Waals surface area contributed by atoms with Crippen LogP contribution < -0.4 is 10.1 Å². The predicted octanol–water partition coefficient (Wildman–Crippen LogP) is 3.03. The number of carbonyl (C=O) groups is 2. The summed E-state index contributed by atoms with van der Waals surface area (Å²) in [6, 6.07) is 12.8. The Hall–Kier alpha value is -2.91. The fraction of sp³-hybridized carbons (Fsp3) is 0.462. The lowest BCUT2D eigenvalue weighted by Crippen LogP contribution is -2.53. The van der Waals surface area contributed by atoms with Crippen molar-refractivity contribution in [3.05, 3.63) is 59.7 Å². The summed E-state index contributed by atoms with van der Waals surface area (Å²) < 4.78 is 33.5. The SMILES string of the molecule is COc1ccc(S(=O)(=O)N2CCC[C@H]2C(=O)N2CCC[C@H]2C(=O)N[C@@H](C)c2ccccc2)cc1C. The molecule has 2 saturated heterocycles. The molecule has 9 heteroatoms. The van der Waals surface area contributed by atoms with Crippen LogP contribution in [0.4, 0.5) is 0 Å². The van der Waals surface area contributed by atoms with Gasteiger partial charge in [-0.15, -0.1) is 0 Å². The second-order valence-corrected chi connectivity index (χ2v) is 11.1.